The first-order valence-corrected chi connectivity index (χ1v) is 10.1. The Balaban J connectivity index is 2.14. The van der Waals surface area contributed by atoms with Gasteiger partial charge < -0.3 is 5.11 Å². The summed E-state index contributed by atoms with van der Waals surface area (Å²) in [5.74, 6) is 0.380. The Kier molecular flexibility index (Phi) is 9.55. The Morgan fingerprint density at radius 1 is 1.05 bits per heavy atom. The highest BCUT2D eigenvalue weighted by atomic mass is 32.3. The van der Waals surface area contributed by atoms with Gasteiger partial charge in [0, 0.05) is 0 Å². The average molecular weight is 336 g/mol. The number of unbranched alkanes of at least 4 members (excludes halogenated alkanes) is 6. The Morgan fingerprint density at radius 2 is 1.59 bits per heavy atom. The van der Waals surface area contributed by atoms with Gasteiger partial charge in [-0.3, -0.25) is 4.55 Å². The van der Waals surface area contributed by atoms with Crippen LogP contribution in [0.2, 0.25) is 0 Å². The summed E-state index contributed by atoms with van der Waals surface area (Å²) in [5.41, 5.74) is 0. The van der Waals surface area contributed by atoms with E-state index in [-0.39, 0.29) is 6.10 Å². The van der Waals surface area contributed by atoms with E-state index in [9.17, 15) is 13.5 Å². The minimum atomic E-state index is -4.37. The third kappa shape index (κ3) is 10.5. The van der Waals surface area contributed by atoms with Crippen molar-refractivity contribution in [1.82, 2.24) is 0 Å². The molecule has 0 spiro atoms. The Bertz CT molecular complexity index is 382. The van der Waals surface area contributed by atoms with E-state index in [0.29, 0.717) is 18.8 Å². The van der Waals surface area contributed by atoms with E-state index < -0.39 is 16.5 Å². The van der Waals surface area contributed by atoms with Gasteiger partial charge in [-0.1, -0.05) is 58.3 Å². The van der Waals surface area contributed by atoms with E-state index in [2.05, 4.69) is 6.92 Å². The van der Waals surface area contributed by atoms with E-state index >= 15 is 0 Å². The molecule has 0 aromatic heterocycles. The first-order chi connectivity index (χ1) is 10.4. The third-order valence-electron chi connectivity index (χ3n) is 4.37. The lowest BCUT2D eigenvalue weighted by atomic mass is 10.0. The van der Waals surface area contributed by atoms with Crippen molar-refractivity contribution in [3.05, 3.63) is 0 Å². The zero-order chi connectivity index (χ0) is 16.4. The van der Waals surface area contributed by atoms with Crippen molar-refractivity contribution in [2.45, 2.75) is 96.2 Å². The molecule has 6 heteroatoms. The molecule has 0 amide bonds. The summed E-state index contributed by atoms with van der Waals surface area (Å²) in [6, 6.07) is 0. The molecular formula is C16H32O5S. The summed E-state index contributed by atoms with van der Waals surface area (Å²) in [6.45, 7) is 2.19. The van der Waals surface area contributed by atoms with Crippen LogP contribution >= 0.6 is 0 Å². The van der Waals surface area contributed by atoms with E-state index in [1.165, 1.54) is 32.1 Å². The molecule has 0 aromatic carbocycles. The van der Waals surface area contributed by atoms with Crippen LogP contribution in [-0.2, 0) is 14.6 Å². The van der Waals surface area contributed by atoms with Crippen LogP contribution in [0.3, 0.4) is 0 Å². The van der Waals surface area contributed by atoms with E-state index in [1.807, 2.05) is 0 Å². The fraction of sp³-hybridized carbons (Fsp3) is 1.00. The van der Waals surface area contributed by atoms with E-state index in [4.69, 9.17) is 8.74 Å². The lowest BCUT2D eigenvalue weighted by molar-refractivity contribution is 0.156. The highest BCUT2D eigenvalue weighted by Gasteiger charge is 2.34. The molecule has 0 aliphatic heterocycles. The molecule has 1 fully saturated rings. The number of hydrogen-bond acceptors (Lipinski definition) is 4. The highest BCUT2D eigenvalue weighted by Crippen LogP contribution is 2.35. The van der Waals surface area contributed by atoms with Crippen LogP contribution in [0.1, 0.15) is 84.0 Å². The monoisotopic (exact) mass is 336 g/mol. The Labute approximate surface area is 135 Å². The van der Waals surface area contributed by atoms with Gasteiger partial charge in [0.1, 0.15) is 0 Å². The molecule has 1 aliphatic carbocycles. The summed E-state index contributed by atoms with van der Waals surface area (Å²) in [7, 11) is -4.37. The molecule has 0 heterocycles. The Morgan fingerprint density at radius 3 is 2.14 bits per heavy atom. The highest BCUT2D eigenvalue weighted by molar-refractivity contribution is 7.80. The maximum atomic E-state index is 10.9. The predicted octanol–water partition coefficient (Wildman–Crippen LogP) is 3.87. The largest absolute Gasteiger partial charge is 0.397 e. The smallest absolute Gasteiger partial charge is 0.393 e. The van der Waals surface area contributed by atoms with Gasteiger partial charge in [0.2, 0.25) is 0 Å². The van der Waals surface area contributed by atoms with Crippen molar-refractivity contribution in [2.75, 3.05) is 0 Å². The van der Waals surface area contributed by atoms with Gasteiger partial charge in [-0.2, -0.15) is 8.42 Å². The molecule has 2 N–H and O–H groups in total. The average Bonchev–Trinajstić information content (AvgIpc) is 3.11. The van der Waals surface area contributed by atoms with Crippen molar-refractivity contribution in [1.29, 1.82) is 0 Å². The van der Waals surface area contributed by atoms with Crippen LogP contribution in [0.15, 0.2) is 0 Å². The number of rotatable bonds is 14. The van der Waals surface area contributed by atoms with Crippen LogP contribution in [0.5, 0.6) is 0 Å². The summed E-state index contributed by atoms with van der Waals surface area (Å²) in [5, 5.41) is 9.27. The number of hydrogen-bond donors (Lipinski definition) is 2. The van der Waals surface area contributed by atoms with Crippen LogP contribution in [0, 0.1) is 5.92 Å². The standard InChI is InChI=1S/C16H32O5S/c1-2-3-4-5-6-7-8-11-15(21-22(18,19)20)12-9-10-14-13-16(14)17/h14-17H,2-13H2,1H3,(H,18,19,20). The first-order valence-electron chi connectivity index (χ1n) is 8.76. The van der Waals surface area contributed by atoms with Crippen molar-refractivity contribution < 1.29 is 22.3 Å². The molecule has 3 atom stereocenters. The summed E-state index contributed by atoms with van der Waals surface area (Å²) >= 11 is 0. The van der Waals surface area contributed by atoms with Crippen LogP contribution in [0.4, 0.5) is 0 Å². The summed E-state index contributed by atoms with van der Waals surface area (Å²) in [6.07, 6.45) is 11.5. The lowest BCUT2D eigenvalue weighted by Crippen LogP contribution is -2.18. The fourth-order valence-corrected chi connectivity index (χ4v) is 3.43. The maximum Gasteiger partial charge on any atom is 0.397 e. The van der Waals surface area contributed by atoms with E-state index in [0.717, 1.165) is 32.1 Å². The van der Waals surface area contributed by atoms with Crippen molar-refractivity contribution >= 4 is 10.4 Å². The summed E-state index contributed by atoms with van der Waals surface area (Å²) < 4.78 is 35.4. The second-order valence-corrected chi connectivity index (χ2v) is 7.60. The molecule has 132 valence electrons. The molecule has 1 rings (SSSR count). The predicted molar refractivity (Wildman–Crippen MR) is 87.0 cm³/mol. The van der Waals surface area contributed by atoms with Crippen LogP contribution in [0.25, 0.3) is 0 Å². The molecule has 5 nitrogen and oxygen atoms in total. The molecule has 3 unspecified atom stereocenters. The normalized spacial score (nSPS) is 22.7. The zero-order valence-corrected chi connectivity index (χ0v) is 14.6. The van der Waals surface area contributed by atoms with Gasteiger partial charge in [-0.15, -0.1) is 0 Å². The van der Waals surface area contributed by atoms with Crippen LogP contribution < -0.4 is 0 Å². The van der Waals surface area contributed by atoms with Crippen molar-refractivity contribution in [2.24, 2.45) is 5.92 Å². The Hall–Kier alpha value is -0.170. The number of aliphatic hydroxyl groups excluding tert-OH is 1. The van der Waals surface area contributed by atoms with Gasteiger partial charge in [0.15, 0.2) is 0 Å². The molecule has 0 aromatic rings. The minimum Gasteiger partial charge on any atom is -0.393 e. The van der Waals surface area contributed by atoms with Gasteiger partial charge in [0.25, 0.3) is 0 Å². The van der Waals surface area contributed by atoms with Gasteiger partial charge >= 0.3 is 10.4 Å². The van der Waals surface area contributed by atoms with Gasteiger partial charge in [0.05, 0.1) is 12.2 Å². The summed E-state index contributed by atoms with van der Waals surface area (Å²) in [4.78, 5) is 0. The zero-order valence-electron chi connectivity index (χ0n) is 13.7. The minimum absolute atomic E-state index is 0.163. The molecule has 0 radical (unpaired) electrons. The second kappa shape index (κ2) is 10.6. The van der Waals surface area contributed by atoms with Gasteiger partial charge in [-0.05, 0) is 31.6 Å². The molecule has 0 saturated heterocycles. The molecule has 22 heavy (non-hydrogen) atoms. The quantitative estimate of drug-likeness (QED) is 0.372. The van der Waals surface area contributed by atoms with Crippen molar-refractivity contribution in [3.8, 4) is 0 Å². The number of aliphatic hydroxyl groups is 1. The topological polar surface area (TPSA) is 83.8 Å². The second-order valence-electron chi connectivity index (χ2n) is 6.55. The SMILES string of the molecule is CCCCCCCCCC(CCCC1CC1O)OS(=O)(=O)O. The molecular weight excluding hydrogens is 304 g/mol. The van der Waals surface area contributed by atoms with Crippen molar-refractivity contribution in [3.63, 3.8) is 0 Å². The van der Waals surface area contributed by atoms with E-state index in [1.54, 1.807) is 0 Å². The van der Waals surface area contributed by atoms with Gasteiger partial charge in [-0.25, -0.2) is 4.18 Å². The third-order valence-corrected chi connectivity index (χ3v) is 4.89. The lowest BCUT2D eigenvalue weighted by Gasteiger charge is -2.15. The maximum absolute atomic E-state index is 10.9. The molecule has 1 aliphatic rings. The van der Waals surface area contributed by atoms with Crippen LogP contribution in [-0.4, -0.2) is 30.3 Å². The molecule has 1 saturated carbocycles. The fourth-order valence-electron chi connectivity index (χ4n) is 2.89. The first kappa shape index (κ1) is 19.9. The molecule has 0 bridgehead atoms.